The minimum absolute atomic E-state index is 0.245. The largest absolute Gasteiger partial charge is 0.507 e. The second-order valence-corrected chi connectivity index (χ2v) is 4.42. The summed E-state index contributed by atoms with van der Waals surface area (Å²) in [5.74, 6) is 0.245. The Balaban J connectivity index is 1.98. The highest BCUT2D eigenvalue weighted by molar-refractivity contribution is 5.88. The minimum atomic E-state index is 0.245. The number of phenolic OH excluding ortho intramolecular Hbond substituents is 1. The molecule has 3 rings (SSSR count). The fourth-order valence-electron chi connectivity index (χ4n) is 2.05. The standard InChI is InChI=1S/C17H14N2O/c20-17-15(13-18-19-11-4-5-12-19)9-6-10-16(17)14-7-2-1-3-8-14/h1-13,20H/b18-13+. The molecule has 0 aliphatic heterocycles. The van der Waals surface area contributed by atoms with Gasteiger partial charge in [-0.2, -0.15) is 5.10 Å². The minimum Gasteiger partial charge on any atom is -0.507 e. The van der Waals surface area contributed by atoms with Crippen molar-refractivity contribution in [2.75, 3.05) is 0 Å². The van der Waals surface area contributed by atoms with E-state index in [9.17, 15) is 5.11 Å². The smallest absolute Gasteiger partial charge is 0.132 e. The highest BCUT2D eigenvalue weighted by Gasteiger charge is 2.06. The van der Waals surface area contributed by atoms with Crippen LogP contribution < -0.4 is 0 Å². The molecule has 0 bridgehead atoms. The molecule has 0 unspecified atom stereocenters. The monoisotopic (exact) mass is 262 g/mol. The quantitative estimate of drug-likeness (QED) is 0.717. The number of benzene rings is 2. The van der Waals surface area contributed by atoms with Gasteiger partial charge in [-0.15, -0.1) is 0 Å². The lowest BCUT2D eigenvalue weighted by Crippen LogP contribution is -1.89. The number of rotatable bonds is 3. The maximum absolute atomic E-state index is 10.4. The molecule has 2 aromatic carbocycles. The number of aromatic nitrogens is 1. The van der Waals surface area contributed by atoms with Crippen LogP contribution in [0.2, 0.25) is 0 Å². The molecule has 0 aliphatic rings. The molecule has 1 N–H and O–H groups in total. The lowest BCUT2D eigenvalue weighted by molar-refractivity contribution is 0.476. The van der Waals surface area contributed by atoms with Gasteiger partial charge in [-0.1, -0.05) is 42.5 Å². The van der Waals surface area contributed by atoms with Crippen molar-refractivity contribution in [1.29, 1.82) is 0 Å². The van der Waals surface area contributed by atoms with Gasteiger partial charge in [0.15, 0.2) is 0 Å². The molecule has 0 amide bonds. The maximum atomic E-state index is 10.4. The highest BCUT2D eigenvalue weighted by Crippen LogP contribution is 2.31. The van der Waals surface area contributed by atoms with Gasteiger partial charge in [0.25, 0.3) is 0 Å². The Hall–Kier alpha value is -2.81. The lowest BCUT2D eigenvalue weighted by Gasteiger charge is -2.07. The van der Waals surface area contributed by atoms with Crippen LogP contribution in [0.1, 0.15) is 5.56 Å². The molecule has 1 aromatic heterocycles. The second kappa shape index (κ2) is 5.45. The third-order valence-corrected chi connectivity index (χ3v) is 3.07. The Morgan fingerprint density at radius 1 is 0.850 bits per heavy atom. The first-order chi connectivity index (χ1) is 9.84. The van der Waals surface area contributed by atoms with Crippen molar-refractivity contribution in [3.8, 4) is 16.9 Å². The van der Waals surface area contributed by atoms with Gasteiger partial charge in [-0.3, -0.25) is 0 Å². The summed E-state index contributed by atoms with van der Waals surface area (Å²) in [4.78, 5) is 0. The zero-order valence-electron chi connectivity index (χ0n) is 10.8. The Morgan fingerprint density at radius 2 is 1.60 bits per heavy atom. The van der Waals surface area contributed by atoms with Gasteiger partial charge in [-0.05, 0) is 23.8 Å². The summed E-state index contributed by atoms with van der Waals surface area (Å²) in [5, 5.41) is 14.6. The van der Waals surface area contributed by atoms with Gasteiger partial charge in [0.1, 0.15) is 5.75 Å². The summed E-state index contributed by atoms with van der Waals surface area (Å²) in [6.07, 6.45) is 5.34. The van der Waals surface area contributed by atoms with Crippen molar-refractivity contribution in [3.05, 3.63) is 78.6 Å². The van der Waals surface area contributed by atoms with Gasteiger partial charge in [0, 0.05) is 23.5 Å². The van der Waals surface area contributed by atoms with Gasteiger partial charge >= 0.3 is 0 Å². The van der Waals surface area contributed by atoms with E-state index in [0.29, 0.717) is 5.56 Å². The normalized spacial score (nSPS) is 11.0. The average Bonchev–Trinajstić information content (AvgIpc) is 3.00. The third kappa shape index (κ3) is 2.47. The summed E-state index contributed by atoms with van der Waals surface area (Å²) in [6, 6.07) is 19.3. The van der Waals surface area contributed by atoms with Gasteiger partial charge < -0.3 is 5.11 Å². The SMILES string of the molecule is Oc1c(/C=N/n2cccc2)cccc1-c1ccccc1. The van der Waals surface area contributed by atoms with E-state index in [1.54, 1.807) is 10.9 Å². The number of para-hydroxylation sites is 1. The number of phenols is 1. The number of hydrogen-bond acceptors (Lipinski definition) is 2. The molecule has 3 aromatic rings. The van der Waals surface area contributed by atoms with Gasteiger partial charge in [-0.25, -0.2) is 4.68 Å². The zero-order valence-corrected chi connectivity index (χ0v) is 10.8. The van der Waals surface area contributed by atoms with Crippen molar-refractivity contribution >= 4 is 6.21 Å². The van der Waals surface area contributed by atoms with Crippen LogP contribution >= 0.6 is 0 Å². The molecular formula is C17H14N2O. The molecule has 0 spiro atoms. The molecule has 0 saturated carbocycles. The van der Waals surface area contributed by atoms with Crippen LogP contribution in [0.15, 0.2) is 78.2 Å². The maximum Gasteiger partial charge on any atom is 0.132 e. The first kappa shape index (κ1) is 12.2. The van der Waals surface area contributed by atoms with E-state index in [1.165, 1.54) is 0 Å². The van der Waals surface area contributed by atoms with E-state index in [2.05, 4.69) is 5.10 Å². The van der Waals surface area contributed by atoms with E-state index < -0.39 is 0 Å². The van der Waals surface area contributed by atoms with E-state index >= 15 is 0 Å². The Labute approximate surface area is 117 Å². The third-order valence-electron chi connectivity index (χ3n) is 3.07. The lowest BCUT2D eigenvalue weighted by atomic mass is 10.0. The van der Waals surface area contributed by atoms with E-state index in [4.69, 9.17) is 0 Å². The Kier molecular flexibility index (Phi) is 3.33. The van der Waals surface area contributed by atoms with Crippen molar-refractivity contribution < 1.29 is 5.11 Å². The van der Waals surface area contributed by atoms with Crippen molar-refractivity contribution in [1.82, 2.24) is 4.68 Å². The summed E-state index contributed by atoms with van der Waals surface area (Å²) in [6.45, 7) is 0. The number of nitrogens with zero attached hydrogens (tertiary/aromatic N) is 2. The fourth-order valence-corrected chi connectivity index (χ4v) is 2.05. The predicted octanol–water partition coefficient (Wildman–Crippen LogP) is 3.74. The van der Waals surface area contributed by atoms with Crippen LogP contribution in [0.4, 0.5) is 0 Å². The van der Waals surface area contributed by atoms with Gasteiger partial charge in [0.05, 0.1) is 6.21 Å². The van der Waals surface area contributed by atoms with Crippen molar-refractivity contribution in [2.24, 2.45) is 5.10 Å². The zero-order chi connectivity index (χ0) is 13.8. The molecule has 20 heavy (non-hydrogen) atoms. The van der Waals surface area contributed by atoms with Crippen LogP contribution in [0.25, 0.3) is 11.1 Å². The van der Waals surface area contributed by atoms with Crippen LogP contribution in [-0.2, 0) is 0 Å². The van der Waals surface area contributed by atoms with E-state index in [-0.39, 0.29) is 5.75 Å². The topological polar surface area (TPSA) is 37.5 Å². The summed E-state index contributed by atoms with van der Waals surface area (Å²) in [5.41, 5.74) is 2.49. The average molecular weight is 262 g/mol. The van der Waals surface area contributed by atoms with Crippen molar-refractivity contribution in [3.63, 3.8) is 0 Å². The molecular weight excluding hydrogens is 248 g/mol. The molecule has 0 atom stereocenters. The molecule has 0 fully saturated rings. The predicted molar refractivity (Wildman–Crippen MR) is 81.0 cm³/mol. The van der Waals surface area contributed by atoms with Crippen LogP contribution in [0.5, 0.6) is 5.75 Å². The summed E-state index contributed by atoms with van der Waals surface area (Å²) < 4.78 is 1.69. The van der Waals surface area contributed by atoms with E-state index in [0.717, 1.165) is 11.1 Å². The van der Waals surface area contributed by atoms with Crippen LogP contribution in [0, 0.1) is 0 Å². The second-order valence-electron chi connectivity index (χ2n) is 4.42. The van der Waals surface area contributed by atoms with E-state index in [1.807, 2.05) is 73.1 Å². The molecule has 3 nitrogen and oxygen atoms in total. The van der Waals surface area contributed by atoms with Crippen LogP contribution in [0.3, 0.4) is 0 Å². The Morgan fingerprint density at radius 3 is 2.35 bits per heavy atom. The van der Waals surface area contributed by atoms with Crippen molar-refractivity contribution in [2.45, 2.75) is 0 Å². The van der Waals surface area contributed by atoms with Gasteiger partial charge in [0.2, 0.25) is 0 Å². The molecule has 0 radical (unpaired) electrons. The molecule has 1 heterocycles. The van der Waals surface area contributed by atoms with Crippen LogP contribution in [-0.4, -0.2) is 16.0 Å². The molecule has 0 aliphatic carbocycles. The Bertz CT molecular complexity index is 716. The summed E-state index contributed by atoms with van der Waals surface area (Å²) in [7, 11) is 0. The molecule has 3 heteroatoms. The fraction of sp³-hybridized carbons (Fsp3) is 0. The number of hydrogen-bond donors (Lipinski definition) is 1. The first-order valence-corrected chi connectivity index (χ1v) is 6.39. The molecule has 0 saturated heterocycles. The number of aromatic hydroxyl groups is 1. The first-order valence-electron chi connectivity index (χ1n) is 6.39. The molecule has 98 valence electrons. The highest BCUT2D eigenvalue weighted by atomic mass is 16.3. The summed E-state index contributed by atoms with van der Waals surface area (Å²) >= 11 is 0.